The quantitative estimate of drug-likeness (QED) is 0.191. The third-order valence-corrected chi connectivity index (χ3v) is 11.0. The molecule has 0 unspecified atom stereocenters. The van der Waals surface area contributed by atoms with Crippen LogP contribution < -0.4 is 4.90 Å². The third-order valence-electron chi connectivity index (χ3n) is 11.0. The normalized spacial score (nSPS) is 24.0. The largest absolute Gasteiger partial charge is 0.310 e. The minimum atomic E-state index is 0.306. The van der Waals surface area contributed by atoms with Crippen molar-refractivity contribution >= 4 is 38.6 Å². The van der Waals surface area contributed by atoms with Crippen molar-refractivity contribution in [1.82, 2.24) is 0 Å². The van der Waals surface area contributed by atoms with Crippen LogP contribution in [0.15, 0.2) is 133 Å². The second-order valence-electron chi connectivity index (χ2n) is 13.7. The van der Waals surface area contributed by atoms with E-state index in [1.807, 2.05) is 0 Å². The second-order valence-corrected chi connectivity index (χ2v) is 13.7. The molecule has 210 valence electrons. The Kier molecular flexibility index (Phi) is 5.76. The zero-order chi connectivity index (χ0) is 28.4. The van der Waals surface area contributed by atoms with Crippen LogP contribution in [0, 0.1) is 17.8 Å². The van der Waals surface area contributed by atoms with Crippen LogP contribution in [-0.4, -0.2) is 0 Å². The van der Waals surface area contributed by atoms with Crippen LogP contribution in [0.1, 0.15) is 44.1 Å². The van der Waals surface area contributed by atoms with Gasteiger partial charge in [-0.2, -0.15) is 0 Å². The summed E-state index contributed by atoms with van der Waals surface area (Å²) >= 11 is 0. The molecule has 4 saturated carbocycles. The summed E-state index contributed by atoms with van der Waals surface area (Å²) in [6, 6.07) is 49.8. The first kappa shape index (κ1) is 25.2. The molecule has 4 aliphatic rings. The number of rotatable bonds is 5. The lowest BCUT2D eigenvalue weighted by Gasteiger charge is -2.57. The standard InChI is InChI=1S/C42H37N/c1-2-8-32(9-3-1)33-16-18-36(19-17-33)43(37-20-21-39-35(25-37)15-14-34-10-4-5-11-38(34)39)41-13-7-6-12-40(41)42-26-29-22-30(27-42)24-31(23-29)28-42/h1-21,25,29-31H,22-24,26-28H2. The fourth-order valence-corrected chi connectivity index (χ4v) is 9.56. The third kappa shape index (κ3) is 4.20. The van der Waals surface area contributed by atoms with E-state index >= 15 is 0 Å². The highest BCUT2D eigenvalue weighted by Gasteiger charge is 2.52. The lowest BCUT2D eigenvalue weighted by Crippen LogP contribution is -2.48. The van der Waals surface area contributed by atoms with Gasteiger partial charge in [0, 0.05) is 17.1 Å². The molecule has 6 aromatic rings. The average molecular weight is 556 g/mol. The summed E-state index contributed by atoms with van der Waals surface area (Å²) in [5.41, 5.74) is 8.19. The van der Waals surface area contributed by atoms with E-state index in [9.17, 15) is 0 Å². The average Bonchev–Trinajstić information content (AvgIpc) is 3.05. The Bertz CT molecular complexity index is 1920. The van der Waals surface area contributed by atoms with Crippen molar-refractivity contribution in [1.29, 1.82) is 0 Å². The van der Waals surface area contributed by atoms with Gasteiger partial charge in [-0.05, 0) is 130 Å². The van der Waals surface area contributed by atoms with Gasteiger partial charge in [0.25, 0.3) is 0 Å². The molecule has 0 aliphatic heterocycles. The Hall–Kier alpha value is -4.36. The van der Waals surface area contributed by atoms with E-state index < -0.39 is 0 Å². The molecule has 4 bridgehead atoms. The highest BCUT2D eigenvalue weighted by molar-refractivity contribution is 6.08. The van der Waals surface area contributed by atoms with E-state index in [2.05, 4.69) is 138 Å². The number of hydrogen-bond acceptors (Lipinski definition) is 1. The molecule has 43 heavy (non-hydrogen) atoms. The van der Waals surface area contributed by atoms with Crippen LogP contribution in [0.4, 0.5) is 17.1 Å². The summed E-state index contributed by atoms with van der Waals surface area (Å²) in [5.74, 6) is 2.73. The SMILES string of the molecule is c1ccc(-c2ccc(N(c3ccc4c(ccc5ccccc54)c3)c3ccccc3C34CC5CC(CC(C5)C3)C4)cc2)cc1. The minimum absolute atomic E-state index is 0.306. The van der Waals surface area contributed by atoms with Gasteiger partial charge in [-0.1, -0.05) is 103 Å². The van der Waals surface area contributed by atoms with Crippen molar-refractivity contribution in [2.75, 3.05) is 4.90 Å². The molecule has 4 fully saturated rings. The maximum Gasteiger partial charge on any atom is 0.0499 e. The first-order valence-electron chi connectivity index (χ1n) is 16.2. The van der Waals surface area contributed by atoms with E-state index in [1.54, 1.807) is 5.56 Å². The number of hydrogen-bond donors (Lipinski definition) is 0. The molecule has 0 saturated heterocycles. The van der Waals surface area contributed by atoms with Gasteiger partial charge in [0.05, 0.1) is 0 Å². The van der Waals surface area contributed by atoms with Crippen molar-refractivity contribution in [3.63, 3.8) is 0 Å². The van der Waals surface area contributed by atoms with Crippen LogP contribution in [0.2, 0.25) is 0 Å². The fourth-order valence-electron chi connectivity index (χ4n) is 9.56. The molecular weight excluding hydrogens is 518 g/mol. The van der Waals surface area contributed by atoms with E-state index in [-0.39, 0.29) is 0 Å². The number of nitrogens with zero attached hydrogens (tertiary/aromatic N) is 1. The monoisotopic (exact) mass is 555 g/mol. The van der Waals surface area contributed by atoms with Crippen molar-refractivity contribution in [2.45, 2.75) is 43.9 Å². The molecule has 0 amide bonds. The van der Waals surface area contributed by atoms with Crippen molar-refractivity contribution in [3.05, 3.63) is 139 Å². The molecule has 6 aromatic carbocycles. The Morgan fingerprint density at radius 1 is 0.465 bits per heavy atom. The first-order valence-corrected chi connectivity index (χ1v) is 16.2. The molecule has 0 aromatic heterocycles. The molecule has 0 spiro atoms. The second kappa shape index (κ2) is 9.85. The molecule has 0 N–H and O–H groups in total. The molecule has 1 heteroatoms. The van der Waals surface area contributed by atoms with Gasteiger partial charge in [0.1, 0.15) is 0 Å². The summed E-state index contributed by atoms with van der Waals surface area (Å²) in [7, 11) is 0. The summed E-state index contributed by atoms with van der Waals surface area (Å²) in [4.78, 5) is 2.55. The van der Waals surface area contributed by atoms with Crippen molar-refractivity contribution in [3.8, 4) is 11.1 Å². The first-order chi connectivity index (χ1) is 21.2. The Morgan fingerprint density at radius 2 is 1.05 bits per heavy atom. The Balaban J connectivity index is 1.22. The predicted octanol–water partition coefficient (Wildman–Crippen LogP) is 11.6. The summed E-state index contributed by atoms with van der Waals surface area (Å²) in [6.45, 7) is 0. The highest BCUT2D eigenvalue weighted by Crippen LogP contribution is 2.62. The van der Waals surface area contributed by atoms with E-state index in [1.165, 1.54) is 88.3 Å². The zero-order valence-electron chi connectivity index (χ0n) is 24.6. The number of fused-ring (bicyclic) bond motifs is 3. The van der Waals surface area contributed by atoms with Crippen LogP contribution in [-0.2, 0) is 5.41 Å². The number of para-hydroxylation sites is 1. The Morgan fingerprint density at radius 3 is 1.81 bits per heavy atom. The lowest BCUT2D eigenvalue weighted by molar-refractivity contribution is -0.00491. The smallest absolute Gasteiger partial charge is 0.0499 e. The lowest BCUT2D eigenvalue weighted by atomic mass is 9.48. The minimum Gasteiger partial charge on any atom is -0.310 e. The van der Waals surface area contributed by atoms with Gasteiger partial charge in [-0.3, -0.25) is 0 Å². The number of anilines is 3. The van der Waals surface area contributed by atoms with Gasteiger partial charge in [0.15, 0.2) is 0 Å². The van der Waals surface area contributed by atoms with E-state index in [0.29, 0.717) is 5.41 Å². The summed E-state index contributed by atoms with van der Waals surface area (Å²) < 4.78 is 0. The van der Waals surface area contributed by atoms with Gasteiger partial charge in [-0.25, -0.2) is 0 Å². The molecule has 1 nitrogen and oxygen atoms in total. The predicted molar refractivity (Wildman–Crippen MR) is 181 cm³/mol. The van der Waals surface area contributed by atoms with E-state index in [0.717, 1.165) is 17.8 Å². The van der Waals surface area contributed by atoms with Gasteiger partial charge in [0.2, 0.25) is 0 Å². The molecule has 4 aliphatic carbocycles. The topological polar surface area (TPSA) is 3.24 Å². The van der Waals surface area contributed by atoms with E-state index in [4.69, 9.17) is 0 Å². The number of benzene rings is 6. The summed E-state index contributed by atoms with van der Waals surface area (Å²) in [6.07, 6.45) is 8.47. The zero-order valence-corrected chi connectivity index (χ0v) is 24.6. The van der Waals surface area contributed by atoms with Gasteiger partial charge < -0.3 is 4.90 Å². The molecule has 0 atom stereocenters. The maximum absolute atomic E-state index is 2.55. The van der Waals surface area contributed by atoms with Crippen LogP contribution in [0.5, 0.6) is 0 Å². The maximum atomic E-state index is 2.55. The van der Waals surface area contributed by atoms with Gasteiger partial charge in [-0.15, -0.1) is 0 Å². The van der Waals surface area contributed by atoms with Crippen molar-refractivity contribution < 1.29 is 0 Å². The highest BCUT2D eigenvalue weighted by atomic mass is 15.1. The molecular formula is C42H37N. The van der Waals surface area contributed by atoms with Crippen LogP contribution in [0.3, 0.4) is 0 Å². The summed E-state index contributed by atoms with van der Waals surface area (Å²) in [5, 5.41) is 5.22. The molecule has 0 heterocycles. The van der Waals surface area contributed by atoms with Crippen LogP contribution in [0.25, 0.3) is 32.7 Å². The Labute approximate surface area is 254 Å². The molecule has 10 rings (SSSR count). The van der Waals surface area contributed by atoms with Gasteiger partial charge >= 0.3 is 0 Å². The van der Waals surface area contributed by atoms with Crippen LogP contribution >= 0.6 is 0 Å². The van der Waals surface area contributed by atoms with Crippen molar-refractivity contribution in [2.24, 2.45) is 17.8 Å². The fraction of sp³-hybridized carbons (Fsp3) is 0.238. The molecule has 0 radical (unpaired) electrons.